The van der Waals surface area contributed by atoms with E-state index < -0.39 is 0 Å². The Morgan fingerprint density at radius 2 is 1.93 bits per heavy atom. The van der Waals surface area contributed by atoms with E-state index >= 15 is 0 Å². The molecule has 0 aliphatic carbocycles. The first-order valence-electron chi connectivity index (χ1n) is 5.38. The molecule has 2 heteroatoms. The first kappa shape index (κ1) is 11.8. The summed E-state index contributed by atoms with van der Waals surface area (Å²) in [5, 5.41) is 0. The second kappa shape index (κ2) is 5.54. The van der Waals surface area contributed by atoms with Gasteiger partial charge < -0.3 is 4.74 Å². The second-order valence-corrected chi connectivity index (χ2v) is 3.75. The molecule has 1 aromatic rings. The summed E-state index contributed by atoms with van der Waals surface area (Å²) in [6, 6.07) is 7.75. The summed E-state index contributed by atoms with van der Waals surface area (Å²) in [4.78, 5) is 11.2. The fourth-order valence-corrected chi connectivity index (χ4v) is 1.31. The molecular formula is C13H18O2. The fraction of sp³-hybridized carbons (Fsp3) is 0.462. The fourth-order valence-electron chi connectivity index (χ4n) is 1.31. The lowest BCUT2D eigenvalue weighted by molar-refractivity contribution is -0.118. The number of carbonyl (C=O) groups is 1. The van der Waals surface area contributed by atoms with Crippen LogP contribution in [0.25, 0.3) is 0 Å². The molecular weight excluding hydrogens is 188 g/mol. The molecule has 0 bridgehead atoms. The van der Waals surface area contributed by atoms with Crippen molar-refractivity contribution in [2.75, 3.05) is 6.61 Å². The number of hydrogen-bond acceptors (Lipinski definition) is 2. The van der Waals surface area contributed by atoms with Gasteiger partial charge in [-0.1, -0.05) is 26.0 Å². The van der Waals surface area contributed by atoms with E-state index in [0.29, 0.717) is 0 Å². The van der Waals surface area contributed by atoms with Crippen LogP contribution in [0.3, 0.4) is 0 Å². The lowest BCUT2D eigenvalue weighted by Crippen LogP contribution is -2.04. The highest BCUT2D eigenvalue weighted by molar-refractivity contribution is 5.82. The van der Waals surface area contributed by atoms with Gasteiger partial charge >= 0.3 is 0 Å². The van der Waals surface area contributed by atoms with Crippen LogP contribution >= 0.6 is 0 Å². The minimum atomic E-state index is -0.0229. The molecule has 0 spiro atoms. The topological polar surface area (TPSA) is 26.3 Å². The summed E-state index contributed by atoms with van der Waals surface area (Å²) in [7, 11) is 0. The minimum Gasteiger partial charge on any atom is -0.494 e. The number of Topliss-reactive ketones (excluding diaryl/α,β-unsaturated/α-hetero) is 1. The summed E-state index contributed by atoms with van der Waals surface area (Å²) in [5.41, 5.74) is 1.05. The highest BCUT2D eigenvalue weighted by atomic mass is 16.5. The Morgan fingerprint density at radius 1 is 1.33 bits per heavy atom. The number of carbonyl (C=O) groups excluding carboxylic acids is 1. The van der Waals surface area contributed by atoms with Gasteiger partial charge in [-0.2, -0.15) is 0 Å². The molecule has 1 unspecified atom stereocenters. The summed E-state index contributed by atoms with van der Waals surface area (Å²) in [5.74, 6) is 1.04. The number of benzene rings is 1. The molecule has 2 nitrogen and oxygen atoms in total. The zero-order valence-electron chi connectivity index (χ0n) is 9.62. The number of ether oxygens (including phenoxy) is 1. The van der Waals surface area contributed by atoms with Gasteiger partial charge in [0.05, 0.1) is 6.61 Å². The van der Waals surface area contributed by atoms with Crippen LogP contribution in [0.15, 0.2) is 24.3 Å². The zero-order chi connectivity index (χ0) is 11.3. The van der Waals surface area contributed by atoms with Gasteiger partial charge in [-0.15, -0.1) is 0 Å². The van der Waals surface area contributed by atoms with Gasteiger partial charge in [0.1, 0.15) is 11.5 Å². The Morgan fingerprint density at radius 3 is 2.40 bits per heavy atom. The van der Waals surface area contributed by atoms with Crippen LogP contribution in [0.2, 0.25) is 0 Å². The molecule has 15 heavy (non-hydrogen) atoms. The van der Waals surface area contributed by atoms with Gasteiger partial charge in [-0.3, -0.25) is 4.79 Å². The molecule has 1 atom stereocenters. The largest absolute Gasteiger partial charge is 0.494 e. The van der Waals surface area contributed by atoms with E-state index in [0.717, 1.165) is 24.3 Å². The van der Waals surface area contributed by atoms with Crippen molar-refractivity contribution in [3.63, 3.8) is 0 Å². The lowest BCUT2D eigenvalue weighted by Gasteiger charge is -2.09. The molecule has 0 fully saturated rings. The van der Waals surface area contributed by atoms with Crippen LogP contribution in [0.4, 0.5) is 0 Å². The van der Waals surface area contributed by atoms with Crippen molar-refractivity contribution in [2.24, 2.45) is 0 Å². The van der Waals surface area contributed by atoms with Crippen LogP contribution in [-0.4, -0.2) is 12.4 Å². The highest BCUT2D eigenvalue weighted by Crippen LogP contribution is 2.19. The zero-order valence-corrected chi connectivity index (χ0v) is 9.62. The molecule has 0 radical (unpaired) electrons. The SMILES string of the molecule is CCCOc1ccc(C(C)C(C)=O)cc1. The molecule has 0 aliphatic rings. The quantitative estimate of drug-likeness (QED) is 0.739. The molecule has 0 aliphatic heterocycles. The molecule has 1 aromatic carbocycles. The molecule has 0 amide bonds. The van der Waals surface area contributed by atoms with Crippen molar-refractivity contribution >= 4 is 5.78 Å². The van der Waals surface area contributed by atoms with E-state index in [2.05, 4.69) is 6.92 Å². The lowest BCUT2D eigenvalue weighted by atomic mass is 9.98. The third-order valence-corrected chi connectivity index (χ3v) is 2.46. The van der Waals surface area contributed by atoms with Crippen molar-refractivity contribution in [1.82, 2.24) is 0 Å². The smallest absolute Gasteiger partial charge is 0.136 e. The van der Waals surface area contributed by atoms with Crippen LogP contribution in [-0.2, 0) is 4.79 Å². The summed E-state index contributed by atoms with van der Waals surface area (Å²) in [6.07, 6.45) is 1.01. The van der Waals surface area contributed by atoms with Gasteiger partial charge in [0, 0.05) is 5.92 Å². The van der Waals surface area contributed by atoms with Gasteiger partial charge in [0.15, 0.2) is 0 Å². The molecule has 0 N–H and O–H groups in total. The van der Waals surface area contributed by atoms with Crippen LogP contribution in [0.1, 0.15) is 38.7 Å². The third-order valence-electron chi connectivity index (χ3n) is 2.46. The molecule has 1 rings (SSSR count). The molecule has 82 valence electrons. The number of ketones is 1. The maximum absolute atomic E-state index is 11.2. The predicted molar refractivity (Wildman–Crippen MR) is 61.3 cm³/mol. The highest BCUT2D eigenvalue weighted by Gasteiger charge is 2.09. The third kappa shape index (κ3) is 3.39. The first-order valence-corrected chi connectivity index (χ1v) is 5.38. The van der Waals surface area contributed by atoms with Crippen molar-refractivity contribution in [2.45, 2.75) is 33.1 Å². The van der Waals surface area contributed by atoms with Crippen LogP contribution < -0.4 is 4.74 Å². The molecule has 0 saturated heterocycles. The Labute approximate surface area is 91.3 Å². The Hall–Kier alpha value is -1.31. The van der Waals surface area contributed by atoms with Gasteiger partial charge in [0.2, 0.25) is 0 Å². The van der Waals surface area contributed by atoms with Crippen LogP contribution in [0.5, 0.6) is 5.75 Å². The van der Waals surface area contributed by atoms with Crippen molar-refractivity contribution in [3.8, 4) is 5.75 Å². The van der Waals surface area contributed by atoms with Gasteiger partial charge in [0.25, 0.3) is 0 Å². The predicted octanol–water partition coefficient (Wildman–Crippen LogP) is 3.17. The average Bonchev–Trinajstić information content (AvgIpc) is 2.26. The number of rotatable bonds is 5. The first-order chi connectivity index (χ1) is 7.15. The second-order valence-electron chi connectivity index (χ2n) is 3.75. The summed E-state index contributed by atoms with van der Waals surface area (Å²) in [6.45, 7) is 6.35. The van der Waals surface area contributed by atoms with E-state index in [1.165, 1.54) is 0 Å². The standard InChI is InChI=1S/C13H18O2/c1-4-9-15-13-7-5-12(6-8-13)10(2)11(3)14/h5-8,10H,4,9H2,1-3H3. The van der Waals surface area contributed by atoms with Crippen molar-refractivity contribution in [1.29, 1.82) is 0 Å². The molecule has 0 saturated carbocycles. The van der Waals surface area contributed by atoms with E-state index in [1.807, 2.05) is 31.2 Å². The maximum atomic E-state index is 11.2. The minimum absolute atomic E-state index is 0.0229. The van der Waals surface area contributed by atoms with Crippen molar-refractivity contribution < 1.29 is 9.53 Å². The van der Waals surface area contributed by atoms with E-state index in [4.69, 9.17) is 4.74 Å². The van der Waals surface area contributed by atoms with E-state index in [1.54, 1.807) is 6.92 Å². The molecule has 0 heterocycles. The normalized spacial score (nSPS) is 12.2. The monoisotopic (exact) mass is 206 g/mol. The van der Waals surface area contributed by atoms with Crippen LogP contribution in [0, 0.1) is 0 Å². The van der Waals surface area contributed by atoms with Crippen molar-refractivity contribution in [3.05, 3.63) is 29.8 Å². The van der Waals surface area contributed by atoms with E-state index in [9.17, 15) is 4.79 Å². The van der Waals surface area contributed by atoms with Gasteiger partial charge in [-0.25, -0.2) is 0 Å². The average molecular weight is 206 g/mol. The Bertz CT molecular complexity index is 314. The number of hydrogen-bond donors (Lipinski definition) is 0. The summed E-state index contributed by atoms with van der Waals surface area (Å²) < 4.78 is 5.47. The van der Waals surface area contributed by atoms with E-state index in [-0.39, 0.29) is 11.7 Å². The molecule has 0 aromatic heterocycles. The van der Waals surface area contributed by atoms with Gasteiger partial charge in [-0.05, 0) is 31.0 Å². The Kier molecular flexibility index (Phi) is 4.35. The maximum Gasteiger partial charge on any atom is 0.136 e. The Balaban J connectivity index is 2.67. The summed E-state index contributed by atoms with van der Waals surface area (Å²) >= 11 is 0.